The number of nitrogens with zero attached hydrogens (tertiary/aromatic N) is 1. The Hall–Kier alpha value is -1.46. The highest BCUT2D eigenvalue weighted by atomic mass is 16.6. The van der Waals surface area contributed by atoms with Crippen molar-refractivity contribution in [3.63, 3.8) is 0 Å². The molecule has 1 heterocycles. The summed E-state index contributed by atoms with van der Waals surface area (Å²) in [6, 6.07) is 5.84. The first-order valence-corrected chi connectivity index (χ1v) is 7.24. The van der Waals surface area contributed by atoms with Gasteiger partial charge in [-0.15, -0.1) is 0 Å². The van der Waals surface area contributed by atoms with Crippen LogP contribution in [0.5, 0.6) is 0 Å². The van der Waals surface area contributed by atoms with Gasteiger partial charge in [-0.2, -0.15) is 0 Å². The molecule has 0 spiro atoms. The van der Waals surface area contributed by atoms with Gasteiger partial charge in [-0.3, -0.25) is 10.1 Å². The maximum atomic E-state index is 10.9. The van der Waals surface area contributed by atoms with E-state index in [0.29, 0.717) is 24.3 Å². The van der Waals surface area contributed by atoms with Crippen molar-refractivity contribution in [1.82, 2.24) is 5.32 Å². The average Bonchev–Trinajstić information content (AvgIpc) is 3.16. The van der Waals surface area contributed by atoms with E-state index in [9.17, 15) is 10.1 Å². The van der Waals surface area contributed by atoms with Crippen LogP contribution in [-0.4, -0.2) is 23.7 Å². The van der Waals surface area contributed by atoms with E-state index in [1.54, 1.807) is 13.0 Å². The molecule has 2 atom stereocenters. The third-order valence-electron chi connectivity index (χ3n) is 4.26. The molecule has 108 valence electrons. The Morgan fingerprint density at radius 2 is 2.20 bits per heavy atom. The van der Waals surface area contributed by atoms with Crippen molar-refractivity contribution < 1.29 is 9.66 Å². The highest BCUT2D eigenvalue weighted by Crippen LogP contribution is 2.38. The highest BCUT2D eigenvalue weighted by Gasteiger charge is 2.40. The highest BCUT2D eigenvalue weighted by molar-refractivity contribution is 5.42. The molecule has 0 bridgehead atoms. The van der Waals surface area contributed by atoms with E-state index < -0.39 is 0 Å². The Kier molecular flexibility index (Phi) is 3.72. The lowest BCUT2D eigenvalue weighted by atomic mass is 10.1. The van der Waals surface area contributed by atoms with Gasteiger partial charge in [0, 0.05) is 30.8 Å². The summed E-state index contributed by atoms with van der Waals surface area (Å²) in [6.45, 7) is 3.26. The molecule has 1 aliphatic heterocycles. The Bertz CT molecular complexity index is 514. The quantitative estimate of drug-likeness (QED) is 0.663. The zero-order valence-corrected chi connectivity index (χ0v) is 11.7. The molecule has 1 aromatic carbocycles. The number of aryl methyl sites for hydroxylation is 1. The summed E-state index contributed by atoms with van der Waals surface area (Å²) in [5.41, 5.74) is 1.87. The summed E-state index contributed by atoms with van der Waals surface area (Å²) in [5.74, 6) is 0.724. The van der Waals surface area contributed by atoms with E-state index in [2.05, 4.69) is 5.32 Å². The number of benzene rings is 1. The SMILES string of the molecule is Cc1ccc(CNC2CCOC2C2CC2)cc1[N+](=O)[O-]. The van der Waals surface area contributed by atoms with Crippen LogP contribution in [0.15, 0.2) is 18.2 Å². The molecule has 0 aromatic heterocycles. The molecule has 20 heavy (non-hydrogen) atoms. The summed E-state index contributed by atoms with van der Waals surface area (Å²) in [5, 5.41) is 14.5. The minimum absolute atomic E-state index is 0.200. The van der Waals surface area contributed by atoms with Gasteiger partial charge in [0.05, 0.1) is 11.0 Å². The maximum Gasteiger partial charge on any atom is 0.272 e. The fourth-order valence-electron chi connectivity index (χ4n) is 2.93. The van der Waals surface area contributed by atoms with Crippen molar-refractivity contribution in [3.8, 4) is 0 Å². The lowest BCUT2D eigenvalue weighted by Crippen LogP contribution is -2.37. The zero-order valence-electron chi connectivity index (χ0n) is 11.7. The van der Waals surface area contributed by atoms with Crippen LogP contribution >= 0.6 is 0 Å². The Labute approximate surface area is 118 Å². The molecule has 0 amide bonds. The van der Waals surface area contributed by atoms with Crippen LogP contribution in [0.1, 0.15) is 30.4 Å². The lowest BCUT2D eigenvalue weighted by Gasteiger charge is -2.19. The Morgan fingerprint density at radius 1 is 1.40 bits per heavy atom. The Morgan fingerprint density at radius 3 is 2.90 bits per heavy atom. The zero-order chi connectivity index (χ0) is 14.1. The smallest absolute Gasteiger partial charge is 0.272 e. The van der Waals surface area contributed by atoms with Crippen molar-refractivity contribution in [3.05, 3.63) is 39.4 Å². The molecular formula is C15H20N2O3. The molecule has 1 aliphatic carbocycles. The number of hydrogen-bond donors (Lipinski definition) is 1. The fourth-order valence-corrected chi connectivity index (χ4v) is 2.93. The van der Waals surface area contributed by atoms with Crippen LogP contribution in [0, 0.1) is 23.0 Å². The number of nitrogens with one attached hydrogen (secondary N) is 1. The van der Waals surface area contributed by atoms with Crippen molar-refractivity contribution in [2.24, 2.45) is 5.92 Å². The molecule has 2 fully saturated rings. The second-order valence-electron chi connectivity index (χ2n) is 5.83. The van der Waals surface area contributed by atoms with Gasteiger partial charge in [0.1, 0.15) is 0 Å². The first-order chi connectivity index (χ1) is 9.65. The minimum atomic E-state index is -0.315. The molecule has 1 saturated heterocycles. The molecule has 3 rings (SSSR count). The predicted molar refractivity (Wildman–Crippen MR) is 75.5 cm³/mol. The average molecular weight is 276 g/mol. The number of hydrogen-bond acceptors (Lipinski definition) is 4. The van der Waals surface area contributed by atoms with Crippen LogP contribution in [0.3, 0.4) is 0 Å². The van der Waals surface area contributed by atoms with Crippen molar-refractivity contribution in [2.45, 2.75) is 44.9 Å². The fraction of sp³-hybridized carbons (Fsp3) is 0.600. The third kappa shape index (κ3) is 2.83. The van der Waals surface area contributed by atoms with Crippen LogP contribution < -0.4 is 5.32 Å². The van der Waals surface area contributed by atoms with Gasteiger partial charge < -0.3 is 10.1 Å². The number of nitro groups is 1. The normalized spacial score (nSPS) is 25.9. The molecule has 0 radical (unpaired) electrons. The lowest BCUT2D eigenvalue weighted by molar-refractivity contribution is -0.385. The van der Waals surface area contributed by atoms with Crippen LogP contribution in [-0.2, 0) is 11.3 Å². The summed E-state index contributed by atoms with van der Waals surface area (Å²) < 4.78 is 5.79. The van der Waals surface area contributed by atoms with Crippen molar-refractivity contribution >= 4 is 5.69 Å². The predicted octanol–water partition coefficient (Wildman–Crippen LogP) is 2.56. The van der Waals surface area contributed by atoms with Gasteiger partial charge in [0.15, 0.2) is 0 Å². The van der Waals surface area contributed by atoms with Gasteiger partial charge in [-0.25, -0.2) is 0 Å². The molecule has 5 nitrogen and oxygen atoms in total. The summed E-state index contributed by atoms with van der Waals surface area (Å²) in [6.07, 6.45) is 3.93. The largest absolute Gasteiger partial charge is 0.376 e. The van der Waals surface area contributed by atoms with Crippen LogP contribution in [0.2, 0.25) is 0 Å². The molecule has 1 aromatic rings. The van der Waals surface area contributed by atoms with E-state index in [0.717, 1.165) is 24.5 Å². The van der Waals surface area contributed by atoms with E-state index >= 15 is 0 Å². The van der Waals surface area contributed by atoms with E-state index in [1.807, 2.05) is 12.1 Å². The summed E-state index contributed by atoms with van der Waals surface area (Å²) in [4.78, 5) is 10.6. The number of ether oxygens (including phenoxy) is 1. The van der Waals surface area contributed by atoms with E-state index in [4.69, 9.17) is 4.74 Å². The van der Waals surface area contributed by atoms with Crippen LogP contribution in [0.4, 0.5) is 5.69 Å². The molecule has 1 N–H and O–H groups in total. The van der Waals surface area contributed by atoms with Gasteiger partial charge in [0.2, 0.25) is 0 Å². The number of nitro benzene ring substituents is 1. The van der Waals surface area contributed by atoms with E-state index in [-0.39, 0.29) is 10.6 Å². The summed E-state index contributed by atoms with van der Waals surface area (Å²) >= 11 is 0. The van der Waals surface area contributed by atoms with E-state index in [1.165, 1.54) is 12.8 Å². The minimum Gasteiger partial charge on any atom is -0.376 e. The summed E-state index contributed by atoms with van der Waals surface area (Å²) in [7, 11) is 0. The Balaban J connectivity index is 1.63. The van der Waals surface area contributed by atoms with Gasteiger partial charge in [0.25, 0.3) is 5.69 Å². The standard InChI is InChI=1S/C15H20N2O3/c1-10-2-3-11(8-14(10)17(18)19)9-16-13-6-7-20-15(13)12-4-5-12/h2-3,8,12-13,15-16H,4-7,9H2,1H3. The first kappa shape index (κ1) is 13.5. The number of rotatable bonds is 5. The topological polar surface area (TPSA) is 64.4 Å². The van der Waals surface area contributed by atoms with Gasteiger partial charge in [-0.05, 0) is 37.7 Å². The second kappa shape index (κ2) is 5.50. The van der Waals surface area contributed by atoms with Crippen LogP contribution in [0.25, 0.3) is 0 Å². The maximum absolute atomic E-state index is 10.9. The second-order valence-corrected chi connectivity index (χ2v) is 5.83. The molecule has 2 aliphatic rings. The van der Waals surface area contributed by atoms with Crippen molar-refractivity contribution in [1.29, 1.82) is 0 Å². The monoisotopic (exact) mass is 276 g/mol. The molecule has 5 heteroatoms. The van der Waals surface area contributed by atoms with Crippen molar-refractivity contribution in [2.75, 3.05) is 6.61 Å². The van der Waals surface area contributed by atoms with Gasteiger partial charge in [-0.1, -0.05) is 12.1 Å². The molecule has 1 saturated carbocycles. The molecular weight excluding hydrogens is 256 g/mol. The third-order valence-corrected chi connectivity index (χ3v) is 4.26. The first-order valence-electron chi connectivity index (χ1n) is 7.24. The molecule has 2 unspecified atom stereocenters. The van der Waals surface area contributed by atoms with Gasteiger partial charge >= 0.3 is 0 Å².